The van der Waals surface area contributed by atoms with Crippen LogP contribution < -0.4 is 24.8 Å². The molecule has 100 valence electrons. The van der Waals surface area contributed by atoms with E-state index in [4.69, 9.17) is 0 Å². The van der Waals surface area contributed by atoms with Crippen molar-refractivity contribution in [1.82, 2.24) is 0 Å². The molecule has 18 heavy (non-hydrogen) atoms. The fraction of sp³-hybridized carbons (Fsp3) is 0.400. The summed E-state index contributed by atoms with van der Waals surface area (Å²) in [6, 6.07) is 0. The summed E-state index contributed by atoms with van der Waals surface area (Å²) in [7, 11) is 0. The molecule has 0 unspecified atom stereocenters. The van der Waals surface area contributed by atoms with Gasteiger partial charge in [-0.25, -0.2) is 23.3 Å². The first-order chi connectivity index (χ1) is 7.61. The Kier molecular flexibility index (Phi) is 17.8. The van der Waals surface area contributed by atoms with Crippen molar-refractivity contribution in [2.75, 3.05) is 0 Å². The minimum Gasteiger partial charge on any atom is -1.00 e. The number of rotatable bonds is 0. The summed E-state index contributed by atoms with van der Waals surface area (Å²) >= 11 is 1.30. The van der Waals surface area contributed by atoms with E-state index in [0.29, 0.717) is 0 Å². The second kappa shape index (κ2) is 13.7. The van der Waals surface area contributed by atoms with Crippen molar-refractivity contribution in [2.24, 2.45) is 0 Å². The zero-order valence-corrected chi connectivity index (χ0v) is 15.5. The smallest absolute Gasteiger partial charge is 1.00 e. The van der Waals surface area contributed by atoms with Crippen molar-refractivity contribution >= 4 is 4.21 Å². The van der Waals surface area contributed by atoms with Gasteiger partial charge in [0, 0.05) is 0 Å². The third-order valence-corrected chi connectivity index (χ3v) is 2.72. The van der Waals surface area contributed by atoms with Gasteiger partial charge in [0.1, 0.15) is 0 Å². The van der Waals surface area contributed by atoms with Crippen LogP contribution >= 0.6 is 0 Å². The molecule has 0 spiro atoms. The largest absolute Gasteiger partial charge is 1.00 e. The molecule has 0 saturated heterocycles. The summed E-state index contributed by atoms with van der Waals surface area (Å²) in [5, 5.41) is 0. The fourth-order valence-corrected chi connectivity index (χ4v) is 1.24. The van der Waals surface area contributed by atoms with E-state index in [0.717, 1.165) is 12.8 Å². The minimum absolute atomic E-state index is 0. The van der Waals surface area contributed by atoms with Crippen LogP contribution in [-0.4, -0.2) is 4.21 Å². The average Bonchev–Trinajstić information content (AvgIpc) is 2.83. The number of allylic oxidation sites excluding steroid dienone is 8. The van der Waals surface area contributed by atoms with Gasteiger partial charge >= 0.3 is 28.4 Å². The molecule has 0 amide bonds. The SMILES string of the molecule is CC1=C(C)C[C-]=C1.CC1=C(C)C[C-]=C1.[CH2]=[Zr+2].[Cl-].[Cl-]. The quantitative estimate of drug-likeness (QED) is 0.444. The van der Waals surface area contributed by atoms with Crippen LogP contribution in [-0.2, 0) is 24.2 Å². The Bertz CT molecular complexity index is 316. The Morgan fingerprint density at radius 2 is 1.11 bits per heavy atom. The first-order valence-electron chi connectivity index (χ1n) is 5.42. The number of hydrogen-bond acceptors (Lipinski definition) is 0. The maximum Gasteiger partial charge on any atom is -1.00 e. The van der Waals surface area contributed by atoms with Crippen molar-refractivity contribution in [3.63, 3.8) is 0 Å². The molecule has 0 aromatic carbocycles. The molecule has 0 saturated carbocycles. The third kappa shape index (κ3) is 9.25. The first kappa shape index (κ1) is 23.4. The summed E-state index contributed by atoms with van der Waals surface area (Å²) in [4.78, 5) is 0. The molecule has 2 aliphatic rings. The van der Waals surface area contributed by atoms with Gasteiger partial charge < -0.3 is 24.8 Å². The van der Waals surface area contributed by atoms with Crippen molar-refractivity contribution in [2.45, 2.75) is 40.5 Å². The second-order valence-electron chi connectivity index (χ2n) is 3.98. The Morgan fingerprint density at radius 1 is 0.833 bits per heavy atom. The topological polar surface area (TPSA) is 0 Å². The summed E-state index contributed by atoms with van der Waals surface area (Å²) in [5.41, 5.74) is 5.69. The zero-order chi connectivity index (χ0) is 12.6. The molecule has 0 aromatic rings. The molecule has 0 N–H and O–H groups in total. The minimum atomic E-state index is 0. The molecule has 0 radical (unpaired) electrons. The van der Waals surface area contributed by atoms with Gasteiger partial charge in [-0.05, 0) is 0 Å². The van der Waals surface area contributed by atoms with Gasteiger partial charge in [0.15, 0.2) is 0 Å². The van der Waals surface area contributed by atoms with Crippen LogP contribution in [0.3, 0.4) is 0 Å². The van der Waals surface area contributed by atoms with Crippen LogP contribution in [0.15, 0.2) is 34.4 Å². The predicted molar refractivity (Wildman–Crippen MR) is 68.7 cm³/mol. The second-order valence-corrected chi connectivity index (χ2v) is 3.98. The Morgan fingerprint density at radius 3 is 1.17 bits per heavy atom. The summed E-state index contributed by atoms with van der Waals surface area (Å²) in [6.45, 7) is 8.53. The van der Waals surface area contributed by atoms with E-state index in [2.05, 4.69) is 56.2 Å². The van der Waals surface area contributed by atoms with Crippen LogP contribution in [0.1, 0.15) is 40.5 Å². The first-order valence-corrected chi connectivity index (χ1v) is 7.16. The van der Waals surface area contributed by atoms with Crippen LogP contribution in [0.2, 0.25) is 0 Å². The van der Waals surface area contributed by atoms with Gasteiger partial charge in [-0.15, -0.1) is 26.7 Å². The molecular weight excluding hydrogens is 342 g/mol. The Labute approximate surface area is 139 Å². The summed E-state index contributed by atoms with van der Waals surface area (Å²) in [5.74, 6) is 0. The third-order valence-electron chi connectivity index (χ3n) is 2.72. The van der Waals surface area contributed by atoms with Crippen LogP contribution in [0.5, 0.6) is 0 Å². The molecule has 0 fully saturated rings. The Hall–Kier alpha value is 0.293. The van der Waals surface area contributed by atoms with Crippen LogP contribution in [0.25, 0.3) is 0 Å². The molecule has 0 aromatic heterocycles. The molecule has 0 bridgehead atoms. The van der Waals surface area contributed by atoms with Gasteiger partial charge in [0.2, 0.25) is 0 Å². The molecular formula is C15H20Cl2Zr-2. The van der Waals surface area contributed by atoms with Crippen molar-refractivity contribution in [1.29, 1.82) is 0 Å². The van der Waals surface area contributed by atoms with E-state index >= 15 is 0 Å². The summed E-state index contributed by atoms with van der Waals surface area (Å²) < 4.78 is 3.34. The van der Waals surface area contributed by atoms with E-state index in [1.807, 2.05) is 0 Å². The van der Waals surface area contributed by atoms with Gasteiger partial charge in [-0.2, -0.15) is 11.1 Å². The van der Waals surface area contributed by atoms with Crippen molar-refractivity contribution in [3.8, 4) is 0 Å². The zero-order valence-electron chi connectivity index (χ0n) is 11.5. The van der Waals surface area contributed by atoms with E-state index in [1.54, 1.807) is 0 Å². The molecule has 0 nitrogen and oxygen atoms in total. The van der Waals surface area contributed by atoms with Crippen LogP contribution in [0.4, 0.5) is 0 Å². The molecule has 2 aliphatic carbocycles. The summed E-state index contributed by atoms with van der Waals surface area (Å²) in [6.07, 6.45) is 12.4. The Balaban J connectivity index is -0.000000200. The van der Waals surface area contributed by atoms with Crippen LogP contribution in [0, 0.1) is 12.2 Å². The number of halogens is 2. The molecule has 0 heterocycles. The van der Waals surface area contributed by atoms with Gasteiger partial charge in [0.25, 0.3) is 0 Å². The van der Waals surface area contributed by atoms with Gasteiger partial charge in [0.05, 0.1) is 0 Å². The average molecular weight is 362 g/mol. The fourth-order valence-electron chi connectivity index (χ4n) is 1.24. The monoisotopic (exact) mass is 360 g/mol. The standard InChI is InChI=1S/2C7H9.CH2.2ClH.Zr/c2*1-6-4-3-5-7(6)2;;;;/h2*4H,5H2,1-2H3;1H2;2*1H;/q2*-1;;;;+2/p-2. The predicted octanol–water partition coefficient (Wildman–Crippen LogP) is -1.86. The van der Waals surface area contributed by atoms with Crippen molar-refractivity contribution < 1.29 is 49.0 Å². The molecule has 3 heteroatoms. The van der Waals surface area contributed by atoms with E-state index in [1.165, 1.54) is 46.5 Å². The van der Waals surface area contributed by atoms with E-state index < -0.39 is 0 Å². The number of hydrogen-bond donors (Lipinski definition) is 0. The maximum atomic E-state index is 3.34. The van der Waals surface area contributed by atoms with Gasteiger partial charge in [-0.1, -0.05) is 13.8 Å². The maximum absolute atomic E-state index is 3.34. The van der Waals surface area contributed by atoms with E-state index in [9.17, 15) is 0 Å². The van der Waals surface area contributed by atoms with Gasteiger partial charge in [-0.3, -0.25) is 12.2 Å². The molecule has 0 atom stereocenters. The normalized spacial score (nSPS) is 15.2. The van der Waals surface area contributed by atoms with Crippen molar-refractivity contribution in [3.05, 3.63) is 46.6 Å². The molecule has 2 rings (SSSR count). The van der Waals surface area contributed by atoms with E-state index in [-0.39, 0.29) is 24.8 Å². The molecule has 0 aliphatic heterocycles.